The minimum absolute atomic E-state index is 0.0684. The van der Waals surface area contributed by atoms with Crippen LogP contribution in [0.3, 0.4) is 0 Å². The summed E-state index contributed by atoms with van der Waals surface area (Å²) in [6, 6.07) is 8.32. The maximum atomic E-state index is 14.4. The first-order valence-corrected chi connectivity index (χ1v) is 26.0. The normalized spacial score (nSPS) is 23.5. The van der Waals surface area contributed by atoms with Gasteiger partial charge in [0.1, 0.15) is 0 Å². The second-order valence-electron chi connectivity index (χ2n) is 18.1. The van der Waals surface area contributed by atoms with E-state index in [0.717, 1.165) is 31.3 Å². The second-order valence-corrected chi connectivity index (χ2v) is 23.4. The molecule has 3 aliphatic rings. The van der Waals surface area contributed by atoms with Gasteiger partial charge in [-0.25, -0.2) is 0 Å². The molecule has 0 nitrogen and oxygen atoms in total. The third kappa shape index (κ3) is 11.1. The van der Waals surface area contributed by atoms with E-state index >= 15 is 0 Å². The molecule has 7 unspecified atom stereocenters. The lowest BCUT2D eigenvalue weighted by Gasteiger charge is -2.35. The van der Waals surface area contributed by atoms with Crippen LogP contribution in [0.1, 0.15) is 133 Å². The molecule has 0 amide bonds. The molecule has 0 saturated heterocycles. The molecule has 0 N–H and O–H groups in total. The predicted molar refractivity (Wildman–Crippen MR) is 249 cm³/mol. The summed E-state index contributed by atoms with van der Waals surface area (Å²) in [5.74, 6) is -0.454. The minimum atomic E-state index is -5.30. The van der Waals surface area contributed by atoms with Crippen LogP contribution in [0.15, 0.2) is 108 Å². The van der Waals surface area contributed by atoms with Gasteiger partial charge in [0.15, 0.2) is 0 Å². The SMILES string of the molecule is CC=C=C1CCC1c1cccc(P(C(C)C=CCC)C(C)C=CCC)c1CC=C1CC2(CC)C1C2C(CC)P(c1cc(C(F)(F)F)cc(C(F)(F)F)c1)c1cc(C(F)(F)F)cc(C(F)(F)F)c1. The van der Waals surface area contributed by atoms with Gasteiger partial charge >= 0.3 is 24.7 Å². The van der Waals surface area contributed by atoms with Gasteiger partial charge in [0.2, 0.25) is 0 Å². The molecule has 0 aromatic heterocycles. The summed E-state index contributed by atoms with van der Waals surface area (Å²) in [5, 5.41) is 0.125. The summed E-state index contributed by atoms with van der Waals surface area (Å²) in [6.07, 6.45) is -2.70. The van der Waals surface area contributed by atoms with Gasteiger partial charge in [-0.1, -0.05) is 104 Å². The zero-order valence-corrected chi connectivity index (χ0v) is 40.5. The molecule has 364 valence electrons. The Kier molecular flexibility index (Phi) is 16.1. The fourth-order valence-corrected chi connectivity index (χ4v) is 17.1. The molecule has 6 rings (SSSR count). The first kappa shape index (κ1) is 52.8. The number of hydrogen-bond donors (Lipinski definition) is 0. The van der Waals surface area contributed by atoms with Gasteiger partial charge < -0.3 is 0 Å². The van der Waals surface area contributed by atoms with Crippen molar-refractivity contribution in [1.82, 2.24) is 0 Å². The number of rotatable bonds is 16. The van der Waals surface area contributed by atoms with E-state index in [1.165, 1.54) is 22.0 Å². The Morgan fingerprint density at radius 3 is 1.60 bits per heavy atom. The third-order valence-corrected chi connectivity index (χ3v) is 20.1. The van der Waals surface area contributed by atoms with E-state index in [0.29, 0.717) is 43.5 Å². The number of alkyl halides is 12. The van der Waals surface area contributed by atoms with Gasteiger partial charge in [0, 0.05) is 5.92 Å². The van der Waals surface area contributed by atoms with Crippen molar-refractivity contribution in [3.05, 3.63) is 141 Å². The van der Waals surface area contributed by atoms with Crippen molar-refractivity contribution < 1.29 is 52.7 Å². The summed E-state index contributed by atoms with van der Waals surface area (Å²) >= 11 is 0. The van der Waals surface area contributed by atoms with Gasteiger partial charge in [-0.05, 0) is 176 Å². The Hall–Kier alpha value is -3.58. The first-order valence-electron chi connectivity index (χ1n) is 23.1. The lowest BCUT2D eigenvalue weighted by Crippen LogP contribution is -2.28. The summed E-state index contributed by atoms with van der Waals surface area (Å²) in [5.41, 5.74) is 0.536. The van der Waals surface area contributed by atoms with Crippen LogP contribution in [0.2, 0.25) is 0 Å². The monoisotopic (exact) mass is 984 g/mol. The minimum Gasteiger partial charge on any atom is -0.166 e. The van der Waals surface area contributed by atoms with Gasteiger partial charge in [-0.2, -0.15) is 52.7 Å². The van der Waals surface area contributed by atoms with Crippen molar-refractivity contribution in [3.63, 3.8) is 0 Å². The Labute approximate surface area is 389 Å². The van der Waals surface area contributed by atoms with Crippen LogP contribution in [0.4, 0.5) is 52.7 Å². The average molecular weight is 985 g/mol. The Morgan fingerprint density at radius 1 is 0.716 bits per heavy atom. The maximum Gasteiger partial charge on any atom is 0.416 e. The standard InChI is InChI=1S/C53H58F12P2/c1-8-13-17-32(6)66(33(7)18-14-9-2)46-20-15-19-43(42-23-21-34(42)16-10-3)44(46)24-22-35-31-49(12-5)47(35)48(49)45(11-4)67(40-27-36(50(54,55)56)25-37(28-40)51(57,58)59)41-29-38(52(60,61)62)26-39(30-41)53(63,64)65/h10,13-15,17-20,22,25-30,32-33,42,45,47-48H,8-9,11-12,21,23-24,31H2,1-7H3. The topological polar surface area (TPSA) is 0 Å². The van der Waals surface area contributed by atoms with Crippen molar-refractivity contribution >= 4 is 31.8 Å². The molecule has 3 aromatic rings. The zero-order valence-electron chi connectivity index (χ0n) is 38.7. The summed E-state index contributed by atoms with van der Waals surface area (Å²) in [7, 11) is -3.46. The second kappa shape index (κ2) is 20.4. The molecule has 7 atom stereocenters. The molecular weight excluding hydrogens is 927 g/mol. The van der Waals surface area contributed by atoms with Crippen LogP contribution in [0.5, 0.6) is 0 Å². The first-order chi connectivity index (χ1) is 31.4. The smallest absolute Gasteiger partial charge is 0.166 e. The van der Waals surface area contributed by atoms with Crippen LogP contribution < -0.4 is 15.9 Å². The van der Waals surface area contributed by atoms with Gasteiger partial charge in [-0.15, -0.1) is 5.73 Å². The Balaban J connectivity index is 1.51. The molecule has 3 saturated carbocycles. The predicted octanol–water partition coefficient (Wildman–Crippen LogP) is 17.0. The largest absolute Gasteiger partial charge is 0.416 e. The Morgan fingerprint density at radius 2 is 1.21 bits per heavy atom. The fraction of sp³-hybridized carbons (Fsp3) is 0.491. The van der Waals surface area contributed by atoms with Crippen LogP contribution in [-0.2, 0) is 31.1 Å². The molecule has 14 heteroatoms. The molecule has 67 heavy (non-hydrogen) atoms. The number of fused-ring (bicyclic) bond motifs is 1. The number of halogens is 12. The number of allylic oxidation sites excluding steroid dienone is 7. The quantitative estimate of drug-likeness (QED) is 0.0581. The van der Waals surface area contributed by atoms with Crippen LogP contribution in [-0.4, -0.2) is 17.0 Å². The number of hydrogen-bond acceptors (Lipinski definition) is 0. The van der Waals surface area contributed by atoms with E-state index in [4.69, 9.17) is 0 Å². The van der Waals surface area contributed by atoms with E-state index < -0.39 is 90.4 Å². The van der Waals surface area contributed by atoms with Crippen molar-refractivity contribution in [2.75, 3.05) is 0 Å². The zero-order chi connectivity index (χ0) is 49.4. The Bertz CT molecular complexity index is 2250. The lowest BCUT2D eigenvalue weighted by molar-refractivity contribution is -0.144. The molecule has 0 spiro atoms. The van der Waals surface area contributed by atoms with Crippen molar-refractivity contribution in [3.8, 4) is 0 Å². The van der Waals surface area contributed by atoms with E-state index in [-0.39, 0.29) is 41.7 Å². The van der Waals surface area contributed by atoms with E-state index in [1.54, 1.807) is 6.92 Å². The molecule has 0 bridgehead atoms. The highest BCUT2D eigenvalue weighted by Crippen LogP contribution is 2.80. The van der Waals surface area contributed by atoms with Crippen molar-refractivity contribution in [2.24, 2.45) is 17.3 Å². The molecule has 3 aromatic carbocycles. The molecule has 0 radical (unpaired) electrons. The molecule has 3 aliphatic carbocycles. The van der Waals surface area contributed by atoms with Crippen molar-refractivity contribution in [2.45, 2.75) is 147 Å². The average Bonchev–Trinajstić information content (AvgIpc) is 3.78. The molecular formula is C53H58F12P2. The van der Waals surface area contributed by atoms with E-state index in [9.17, 15) is 52.7 Å². The summed E-state index contributed by atoms with van der Waals surface area (Å²) < 4.78 is 173. The van der Waals surface area contributed by atoms with Crippen LogP contribution >= 0.6 is 15.8 Å². The highest BCUT2D eigenvalue weighted by Gasteiger charge is 2.73. The third-order valence-electron chi connectivity index (χ3n) is 14.0. The maximum absolute atomic E-state index is 14.4. The highest BCUT2D eigenvalue weighted by atomic mass is 31.1. The van der Waals surface area contributed by atoms with Crippen LogP contribution in [0, 0.1) is 17.3 Å². The van der Waals surface area contributed by atoms with Gasteiger partial charge in [0.05, 0.1) is 22.3 Å². The molecule has 3 fully saturated rings. The van der Waals surface area contributed by atoms with Gasteiger partial charge in [0.25, 0.3) is 0 Å². The van der Waals surface area contributed by atoms with Crippen molar-refractivity contribution in [1.29, 1.82) is 0 Å². The molecule has 0 heterocycles. The van der Waals surface area contributed by atoms with E-state index in [2.05, 4.69) is 82.0 Å². The number of benzene rings is 3. The summed E-state index contributed by atoms with van der Waals surface area (Å²) in [4.78, 5) is 0. The fourth-order valence-electron chi connectivity index (χ4n) is 10.8. The van der Waals surface area contributed by atoms with Gasteiger partial charge in [-0.3, -0.25) is 0 Å². The molecule has 0 aliphatic heterocycles. The highest BCUT2D eigenvalue weighted by molar-refractivity contribution is 7.73. The van der Waals surface area contributed by atoms with Crippen LogP contribution in [0.25, 0.3) is 0 Å². The lowest BCUT2D eigenvalue weighted by atomic mass is 9.73. The van der Waals surface area contributed by atoms with E-state index in [1.807, 2.05) is 19.9 Å². The summed E-state index contributed by atoms with van der Waals surface area (Å²) in [6.45, 7) is 14.2.